The van der Waals surface area contributed by atoms with Crippen molar-refractivity contribution in [2.75, 3.05) is 34.4 Å². The third-order valence-electron chi connectivity index (χ3n) is 3.76. The van der Waals surface area contributed by atoms with E-state index in [0.717, 1.165) is 13.1 Å². The van der Waals surface area contributed by atoms with Gasteiger partial charge in [0, 0.05) is 24.9 Å². The summed E-state index contributed by atoms with van der Waals surface area (Å²) in [4.78, 5) is 18.9. The van der Waals surface area contributed by atoms with Crippen LogP contribution in [-0.4, -0.2) is 51.0 Å². The van der Waals surface area contributed by atoms with Gasteiger partial charge in [0.15, 0.2) is 11.5 Å². The normalized spacial score (nSPS) is 15.1. The van der Waals surface area contributed by atoms with E-state index in [2.05, 4.69) is 5.16 Å². The molecular weight excluding hydrogens is 312 g/mol. The van der Waals surface area contributed by atoms with Gasteiger partial charge in [-0.05, 0) is 26.0 Å². The SMILES string of the molecule is CCN(C=C1C(=O)ON=C1c1cc(OC)c(OC)c(OC)c1)CC. The van der Waals surface area contributed by atoms with Crippen molar-refractivity contribution in [1.29, 1.82) is 0 Å². The number of methoxy groups -OCH3 is 3. The van der Waals surface area contributed by atoms with Gasteiger partial charge in [-0.3, -0.25) is 0 Å². The standard InChI is InChI=1S/C17H22N2O5/c1-6-19(7-2)10-12-15(18-24-17(12)20)11-8-13(21-3)16(23-5)14(9-11)22-4/h8-10H,6-7H2,1-5H3. The summed E-state index contributed by atoms with van der Waals surface area (Å²) < 4.78 is 16.0. The molecule has 0 fully saturated rings. The molecule has 0 aromatic heterocycles. The summed E-state index contributed by atoms with van der Waals surface area (Å²) in [5, 5.41) is 3.92. The van der Waals surface area contributed by atoms with Crippen molar-refractivity contribution in [3.63, 3.8) is 0 Å². The van der Waals surface area contributed by atoms with Crippen LogP contribution in [0.4, 0.5) is 0 Å². The molecule has 130 valence electrons. The zero-order valence-electron chi connectivity index (χ0n) is 14.6. The predicted molar refractivity (Wildman–Crippen MR) is 89.7 cm³/mol. The molecule has 7 heteroatoms. The lowest BCUT2D eigenvalue weighted by Gasteiger charge is -2.17. The Labute approximate surface area is 141 Å². The Morgan fingerprint density at radius 2 is 1.67 bits per heavy atom. The monoisotopic (exact) mass is 334 g/mol. The van der Waals surface area contributed by atoms with Crippen LogP contribution in [-0.2, 0) is 9.63 Å². The number of benzene rings is 1. The predicted octanol–water partition coefficient (Wildman–Crippen LogP) is 2.20. The maximum absolute atomic E-state index is 12.0. The van der Waals surface area contributed by atoms with Crippen molar-refractivity contribution in [2.24, 2.45) is 5.16 Å². The van der Waals surface area contributed by atoms with Crippen LogP contribution in [0.1, 0.15) is 19.4 Å². The summed E-state index contributed by atoms with van der Waals surface area (Å²) in [7, 11) is 4.60. The largest absolute Gasteiger partial charge is 0.493 e. The van der Waals surface area contributed by atoms with Crippen molar-refractivity contribution in [3.8, 4) is 17.2 Å². The minimum atomic E-state index is -0.481. The number of rotatable bonds is 7. The molecule has 24 heavy (non-hydrogen) atoms. The third-order valence-corrected chi connectivity index (χ3v) is 3.76. The van der Waals surface area contributed by atoms with E-state index in [4.69, 9.17) is 19.0 Å². The summed E-state index contributed by atoms with van der Waals surface area (Å²) >= 11 is 0. The van der Waals surface area contributed by atoms with Crippen LogP contribution >= 0.6 is 0 Å². The molecule has 0 unspecified atom stereocenters. The molecule has 0 N–H and O–H groups in total. The lowest BCUT2D eigenvalue weighted by Crippen LogP contribution is -2.20. The fraction of sp³-hybridized carbons (Fsp3) is 0.412. The summed E-state index contributed by atoms with van der Waals surface area (Å²) in [6, 6.07) is 3.47. The number of carbonyl (C=O) groups is 1. The fourth-order valence-corrected chi connectivity index (χ4v) is 2.41. The minimum Gasteiger partial charge on any atom is -0.493 e. The molecule has 0 bridgehead atoms. The highest BCUT2D eigenvalue weighted by atomic mass is 16.7. The van der Waals surface area contributed by atoms with Crippen molar-refractivity contribution in [2.45, 2.75) is 13.8 Å². The molecule has 0 aliphatic carbocycles. The van der Waals surface area contributed by atoms with Crippen LogP contribution < -0.4 is 14.2 Å². The second kappa shape index (κ2) is 7.72. The number of hydrogen-bond acceptors (Lipinski definition) is 7. The number of carbonyl (C=O) groups excluding carboxylic acids is 1. The first-order chi connectivity index (χ1) is 11.6. The van der Waals surface area contributed by atoms with Gasteiger partial charge < -0.3 is 23.9 Å². The van der Waals surface area contributed by atoms with E-state index in [0.29, 0.717) is 34.1 Å². The van der Waals surface area contributed by atoms with Gasteiger partial charge in [0.25, 0.3) is 0 Å². The highest BCUT2D eigenvalue weighted by molar-refractivity contribution is 6.29. The number of oxime groups is 1. The quantitative estimate of drug-likeness (QED) is 0.562. The van der Waals surface area contributed by atoms with E-state index in [1.54, 1.807) is 18.3 Å². The highest BCUT2D eigenvalue weighted by Crippen LogP contribution is 2.39. The average molecular weight is 334 g/mol. The Hall–Kier alpha value is -2.70. The van der Waals surface area contributed by atoms with Crippen molar-refractivity contribution < 1.29 is 23.8 Å². The molecule has 0 saturated heterocycles. The van der Waals surface area contributed by atoms with Crippen molar-refractivity contribution in [1.82, 2.24) is 4.90 Å². The molecule has 0 radical (unpaired) electrons. The Bertz CT molecular complexity index is 653. The van der Waals surface area contributed by atoms with Crippen LogP contribution in [0.25, 0.3) is 0 Å². The number of nitrogens with zero attached hydrogens (tertiary/aromatic N) is 2. The molecule has 1 aromatic carbocycles. The summed E-state index contributed by atoms with van der Waals surface area (Å²) in [5.41, 5.74) is 1.48. The van der Waals surface area contributed by atoms with Gasteiger partial charge in [0.2, 0.25) is 5.75 Å². The van der Waals surface area contributed by atoms with Gasteiger partial charge in [-0.15, -0.1) is 0 Å². The molecule has 1 heterocycles. The molecule has 1 aliphatic heterocycles. The van der Waals surface area contributed by atoms with Crippen molar-refractivity contribution in [3.05, 3.63) is 29.5 Å². The molecule has 1 aromatic rings. The van der Waals surface area contributed by atoms with Crippen molar-refractivity contribution >= 4 is 11.7 Å². The first-order valence-electron chi connectivity index (χ1n) is 7.65. The van der Waals surface area contributed by atoms with Gasteiger partial charge in [-0.1, -0.05) is 5.16 Å². The molecule has 2 rings (SSSR count). The first-order valence-corrected chi connectivity index (χ1v) is 7.65. The highest BCUT2D eigenvalue weighted by Gasteiger charge is 2.29. The topological polar surface area (TPSA) is 69.6 Å². The summed E-state index contributed by atoms with van der Waals surface area (Å²) in [5.74, 6) is 0.960. The van der Waals surface area contributed by atoms with E-state index >= 15 is 0 Å². The lowest BCUT2D eigenvalue weighted by atomic mass is 10.0. The lowest BCUT2D eigenvalue weighted by molar-refractivity contribution is -0.136. The Morgan fingerprint density at radius 1 is 1.08 bits per heavy atom. The van der Waals surface area contributed by atoms with E-state index in [1.165, 1.54) is 21.3 Å². The Morgan fingerprint density at radius 3 is 2.12 bits per heavy atom. The molecule has 0 spiro atoms. The second-order valence-corrected chi connectivity index (χ2v) is 5.00. The van der Waals surface area contributed by atoms with Crippen LogP contribution in [0.2, 0.25) is 0 Å². The average Bonchev–Trinajstić information content (AvgIpc) is 2.98. The number of ether oxygens (including phenoxy) is 3. The maximum atomic E-state index is 12.0. The fourth-order valence-electron chi connectivity index (χ4n) is 2.41. The van der Waals surface area contributed by atoms with E-state index in [1.807, 2.05) is 18.7 Å². The van der Waals surface area contributed by atoms with E-state index in [-0.39, 0.29) is 0 Å². The zero-order chi connectivity index (χ0) is 17.7. The van der Waals surface area contributed by atoms with E-state index < -0.39 is 5.97 Å². The van der Waals surface area contributed by atoms with E-state index in [9.17, 15) is 4.79 Å². The van der Waals surface area contributed by atoms with Gasteiger partial charge >= 0.3 is 5.97 Å². The minimum absolute atomic E-state index is 0.396. The van der Waals surface area contributed by atoms with Gasteiger partial charge in [-0.25, -0.2) is 4.79 Å². The smallest absolute Gasteiger partial charge is 0.369 e. The second-order valence-electron chi connectivity index (χ2n) is 5.00. The number of hydrogen-bond donors (Lipinski definition) is 0. The molecule has 0 amide bonds. The van der Waals surface area contributed by atoms with Crippen LogP contribution in [0.5, 0.6) is 17.2 Å². The summed E-state index contributed by atoms with van der Waals surface area (Å²) in [6.45, 7) is 5.57. The van der Waals surface area contributed by atoms with Gasteiger partial charge in [-0.2, -0.15) is 0 Å². The molecule has 7 nitrogen and oxygen atoms in total. The van der Waals surface area contributed by atoms with Gasteiger partial charge in [0.1, 0.15) is 11.3 Å². The Balaban J connectivity index is 2.52. The maximum Gasteiger partial charge on any atom is 0.369 e. The first kappa shape index (κ1) is 17.7. The third kappa shape index (κ3) is 3.29. The van der Waals surface area contributed by atoms with Gasteiger partial charge in [0.05, 0.1) is 21.3 Å². The molecule has 1 aliphatic rings. The molecular formula is C17H22N2O5. The molecule has 0 saturated carbocycles. The summed E-state index contributed by atoms with van der Waals surface area (Å²) in [6.07, 6.45) is 1.76. The van der Waals surface area contributed by atoms with Crippen LogP contribution in [0, 0.1) is 0 Å². The molecule has 0 atom stereocenters. The Kier molecular flexibility index (Phi) is 5.68. The van der Waals surface area contributed by atoms with Crippen LogP contribution in [0.3, 0.4) is 0 Å². The van der Waals surface area contributed by atoms with Crippen LogP contribution in [0.15, 0.2) is 29.1 Å². The zero-order valence-corrected chi connectivity index (χ0v) is 14.6.